The molecule has 0 aliphatic heterocycles. The Morgan fingerprint density at radius 1 is 1.05 bits per heavy atom. The van der Waals surface area contributed by atoms with Crippen molar-refractivity contribution < 1.29 is 26.6 Å². The van der Waals surface area contributed by atoms with E-state index in [1.54, 1.807) is 18.2 Å². The van der Waals surface area contributed by atoms with Crippen LogP contribution in [0.5, 0.6) is 5.75 Å². The Morgan fingerprint density at radius 2 is 1.75 bits per heavy atom. The van der Waals surface area contributed by atoms with Gasteiger partial charge in [-0.15, -0.1) is 0 Å². The maximum Gasteiger partial charge on any atom is 0.264 e. The summed E-state index contributed by atoms with van der Waals surface area (Å²) in [4.78, 5) is 13.9. The Hall–Kier alpha value is -2.65. The molecule has 0 unspecified atom stereocenters. The molecule has 1 atom stereocenters. The minimum absolute atomic E-state index is 0.0412. The fourth-order valence-corrected chi connectivity index (χ4v) is 6.15. The van der Waals surface area contributed by atoms with Gasteiger partial charge in [0.05, 0.1) is 40.6 Å². The quantitative estimate of drug-likeness (QED) is 0.106. The van der Waals surface area contributed by atoms with Crippen molar-refractivity contribution in [2.45, 2.75) is 57.7 Å². The molecule has 1 N–H and O–H groups in total. The van der Waals surface area contributed by atoms with E-state index >= 15 is 0 Å². The van der Waals surface area contributed by atoms with E-state index in [-0.39, 0.29) is 54.0 Å². The predicted octanol–water partition coefficient (Wildman–Crippen LogP) is 7.69. The number of carbonyl (C=O) groups excluding carboxylic acids is 1. The van der Waals surface area contributed by atoms with Gasteiger partial charge in [0.1, 0.15) is 11.8 Å². The molecule has 0 aliphatic rings. The summed E-state index contributed by atoms with van der Waals surface area (Å²) in [5.41, 5.74) is 1.34. The number of nitrogens with one attached hydrogen (secondary N) is 1. The molecule has 3 rings (SSSR count). The summed E-state index contributed by atoms with van der Waals surface area (Å²) in [6.07, 6.45) is 1.84. The normalized spacial score (nSPS) is 13.0. The van der Waals surface area contributed by atoms with Crippen molar-refractivity contribution in [1.82, 2.24) is 5.32 Å². The third-order valence-corrected chi connectivity index (χ3v) is 13.7. The highest BCUT2D eigenvalue weighted by molar-refractivity contribution is 7.85. The van der Waals surface area contributed by atoms with Crippen LogP contribution in [0.4, 0.5) is 0 Å². The second-order valence-corrected chi connectivity index (χ2v) is 19.4. The molecular formula is C32H40Cl2N2O6SSi. The standard InChI is InChI=1S/C32H40Cl2N2O6SSi/c1-32(2,3)44(5,6)42-17-14-24(22-12-13-27(33)28(34)19-22)21-36-31(37)29-26-11-8-7-10-23(26)18-25(20-35)30(29)40-15-9-16-41-43(4,38)39/h7-8,10-13,18-19,24H,9,14-17,21H2,1-6H3,(H,36,37)/t24-/m1/s1. The summed E-state index contributed by atoms with van der Waals surface area (Å²) < 4.78 is 39.8. The van der Waals surface area contributed by atoms with Crippen LogP contribution in [0, 0.1) is 11.3 Å². The summed E-state index contributed by atoms with van der Waals surface area (Å²) >= 11 is 12.6. The van der Waals surface area contributed by atoms with Gasteiger partial charge in [-0.1, -0.05) is 74.3 Å². The van der Waals surface area contributed by atoms with Crippen molar-refractivity contribution in [1.29, 1.82) is 5.26 Å². The average molecular weight is 680 g/mol. The van der Waals surface area contributed by atoms with Crippen molar-refractivity contribution in [3.8, 4) is 11.8 Å². The van der Waals surface area contributed by atoms with E-state index in [1.165, 1.54) is 0 Å². The molecule has 0 fully saturated rings. The van der Waals surface area contributed by atoms with Crippen molar-refractivity contribution in [2.75, 3.05) is 32.6 Å². The van der Waals surface area contributed by atoms with Gasteiger partial charge in [0.15, 0.2) is 8.32 Å². The van der Waals surface area contributed by atoms with Crippen LogP contribution in [0.1, 0.15) is 61.0 Å². The minimum Gasteiger partial charge on any atom is -0.491 e. The summed E-state index contributed by atoms with van der Waals surface area (Å²) in [6.45, 7) is 11.7. The zero-order valence-electron chi connectivity index (χ0n) is 26.0. The van der Waals surface area contributed by atoms with Gasteiger partial charge in [0.25, 0.3) is 16.0 Å². The van der Waals surface area contributed by atoms with Crippen molar-refractivity contribution in [2.24, 2.45) is 0 Å². The molecule has 12 heteroatoms. The number of hydrogen-bond acceptors (Lipinski definition) is 7. The van der Waals surface area contributed by atoms with E-state index in [0.717, 1.165) is 11.8 Å². The molecule has 44 heavy (non-hydrogen) atoms. The highest BCUT2D eigenvalue weighted by atomic mass is 35.5. The summed E-state index contributed by atoms with van der Waals surface area (Å²) in [5, 5.41) is 15.3. The number of carbonyl (C=O) groups is 1. The number of ether oxygens (including phenoxy) is 1. The SMILES string of the molecule is CC(C)(C)[Si](C)(C)OCC[C@H](CNC(=O)c1c(OCCCOS(C)(=O)=O)c(C#N)cc2ccccc12)c1ccc(Cl)c(Cl)c1. The van der Waals surface area contributed by atoms with Gasteiger partial charge in [0.2, 0.25) is 0 Å². The smallest absolute Gasteiger partial charge is 0.264 e. The first-order valence-corrected chi connectivity index (χ1v) is 19.8. The lowest BCUT2D eigenvalue weighted by Gasteiger charge is -2.36. The first-order valence-electron chi connectivity index (χ1n) is 14.3. The maximum absolute atomic E-state index is 13.9. The minimum atomic E-state index is -3.59. The summed E-state index contributed by atoms with van der Waals surface area (Å²) in [5.74, 6) is -0.409. The number of nitriles is 1. The van der Waals surface area contributed by atoms with Crippen LogP contribution in [0.3, 0.4) is 0 Å². The van der Waals surface area contributed by atoms with Crippen LogP contribution in [0.15, 0.2) is 48.5 Å². The van der Waals surface area contributed by atoms with Crippen molar-refractivity contribution >= 4 is 58.3 Å². The molecule has 0 spiro atoms. The highest BCUT2D eigenvalue weighted by Crippen LogP contribution is 2.37. The summed E-state index contributed by atoms with van der Waals surface area (Å²) in [7, 11) is -5.59. The van der Waals surface area contributed by atoms with E-state index < -0.39 is 24.3 Å². The lowest BCUT2D eigenvalue weighted by Crippen LogP contribution is -2.41. The molecule has 0 saturated heterocycles. The molecule has 8 nitrogen and oxygen atoms in total. The van der Waals surface area contributed by atoms with Crippen LogP contribution in [0.2, 0.25) is 28.2 Å². The van der Waals surface area contributed by atoms with E-state index in [9.17, 15) is 18.5 Å². The molecule has 0 aliphatic carbocycles. The van der Waals surface area contributed by atoms with Crippen molar-refractivity contribution in [3.63, 3.8) is 0 Å². The fourth-order valence-electron chi connectivity index (χ4n) is 4.36. The predicted molar refractivity (Wildman–Crippen MR) is 179 cm³/mol. The second-order valence-electron chi connectivity index (χ2n) is 12.2. The highest BCUT2D eigenvalue weighted by Gasteiger charge is 2.37. The monoisotopic (exact) mass is 678 g/mol. The summed E-state index contributed by atoms with van der Waals surface area (Å²) in [6, 6.07) is 16.5. The number of halogens is 2. The van der Waals surface area contributed by atoms with Gasteiger partial charge in [-0.05, 0) is 59.1 Å². The van der Waals surface area contributed by atoms with Gasteiger partial charge >= 0.3 is 0 Å². The van der Waals surface area contributed by atoms with Gasteiger partial charge in [-0.3, -0.25) is 8.98 Å². The van der Waals surface area contributed by atoms with Gasteiger partial charge in [0, 0.05) is 25.5 Å². The number of rotatable bonds is 14. The number of benzene rings is 3. The third-order valence-electron chi connectivity index (χ3n) is 7.84. The number of fused-ring (bicyclic) bond motifs is 1. The molecular weight excluding hydrogens is 639 g/mol. The Balaban J connectivity index is 1.89. The lowest BCUT2D eigenvalue weighted by atomic mass is 9.95. The molecule has 238 valence electrons. The van der Waals surface area contributed by atoms with Gasteiger partial charge < -0.3 is 14.5 Å². The molecule has 0 heterocycles. The van der Waals surface area contributed by atoms with Crippen LogP contribution >= 0.6 is 23.2 Å². The van der Waals surface area contributed by atoms with Crippen LogP contribution in [-0.4, -0.2) is 55.3 Å². The fraction of sp³-hybridized carbons (Fsp3) is 0.438. The zero-order chi connectivity index (χ0) is 32.7. The molecule has 3 aromatic carbocycles. The Bertz CT molecular complexity index is 1630. The average Bonchev–Trinajstić information content (AvgIpc) is 2.94. The molecule has 0 bridgehead atoms. The number of nitrogens with zero attached hydrogens (tertiary/aromatic N) is 1. The molecule has 1 amide bonds. The van der Waals surface area contributed by atoms with E-state index in [2.05, 4.69) is 45.3 Å². The molecule has 0 saturated carbocycles. The zero-order valence-corrected chi connectivity index (χ0v) is 29.3. The first-order chi connectivity index (χ1) is 20.5. The third kappa shape index (κ3) is 9.67. The molecule has 3 aromatic rings. The molecule has 0 aromatic heterocycles. The van der Waals surface area contributed by atoms with Crippen LogP contribution < -0.4 is 10.1 Å². The first kappa shape index (κ1) is 35.8. The molecule has 0 radical (unpaired) electrons. The topological polar surface area (TPSA) is 115 Å². The Morgan fingerprint density at radius 3 is 2.39 bits per heavy atom. The van der Waals surface area contributed by atoms with E-state index in [1.807, 2.05) is 30.3 Å². The maximum atomic E-state index is 13.9. The lowest BCUT2D eigenvalue weighted by molar-refractivity contribution is 0.0947. The largest absolute Gasteiger partial charge is 0.491 e. The Kier molecular flexibility index (Phi) is 12.3. The van der Waals surface area contributed by atoms with Crippen LogP contribution in [0.25, 0.3) is 10.8 Å². The van der Waals surface area contributed by atoms with Gasteiger partial charge in [-0.2, -0.15) is 13.7 Å². The van der Waals surface area contributed by atoms with E-state index in [4.69, 9.17) is 36.5 Å². The van der Waals surface area contributed by atoms with Crippen molar-refractivity contribution in [3.05, 3.63) is 75.3 Å². The Labute approximate surface area is 271 Å². The van der Waals surface area contributed by atoms with Crippen LogP contribution in [-0.2, 0) is 18.7 Å². The van der Waals surface area contributed by atoms with E-state index in [0.29, 0.717) is 33.8 Å². The number of hydrogen-bond donors (Lipinski definition) is 1. The second kappa shape index (κ2) is 15.1. The number of amides is 1. The van der Waals surface area contributed by atoms with Gasteiger partial charge in [-0.25, -0.2) is 0 Å².